The van der Waals surface area contributed by atoms with Gasteiger partial charge in [-0.05, 0) is 82.0 Å². The first-order valence-corrected chi connectivity index (χ1v) is 23.4. The van der Waals surface area contributed by atoms with E-state index in [-0.39, 0.29) is 23.2 Å². The molecule has 3 saturated carbocycles. The molecular weight excluding hydrogens is 828 g/mol. The Bertz CT molecular complexity index is 1690. The number of aliphatic hydroxyl groups is 10. The third-order valence-corrected chi connectivity index (χ3v) is 18.0. The average Bonchev–Trinajstić information content (AvgIpc) is 3.61. The summed E-state index contributed by atoms with van der Waals surface area (Å²) in [5.74, 6) is -0.417. The van der Waals surface area contributed by atoms with Gasteiger partial charge in [0.25, 0.3) is 0 Å². The lowest BCUT2D eigenvalue weighted by Crippen LogP contribution is -2.66. The van der Waals surface area contributed by atoms with E-state index in [4.69, 9.17) is 37.9 Å². The predicted octanol–water partition coefficient (Wildman–Crippen LogP) is -0.673. The molecule has 63 heavy (non-hydrogen) atoms. The first-order valence-electron chi connectivity index (χ1n) is 23.4. The minimum Gasteiger partial charge on any atom is -0.394 e. The Hall–Kier alpha value is -0.980. The third-order valence-electron chi connectivity index (χ3n) is 18.0. The summed E-state index contributed by atoms with van der Waals surface area (Å²) in [4.78, 5) is 0. The lowest BCUT2D eigenvalue weighted by molar-refractivity contribution is -0.388. The summed E-state index contributed by atoms with van der Waals surface area (Å²) >= 11 is 0. The molecule has 5 aliphatic heterocycles. The fourth-order valence-electron chi connectivity index (χ4n) is 13.9. The van der Waals surface area contributed by atoms with E-state index in [2.05, 4.69) is 19.9 Å². The highest BCUT2D eigenvalue weighted by molar-refractivity contribution is 5.29. The topological polar surface area (TPSA) is 276 Å². The van der Waals surface area contributed by atoms with E-state index >= 15 is 0 Å². The van der Waals surface area contributed by atoms with Crippen molar-refractivity contribution >= 4 is 0 Å². The van der Waals surface area contributed by atoms with Gasteiger partial charge in [-0.15, -0.1) is 0 Å². The van der Waals surface area contributed by atoms with E-state index < -0.39 is 134 Å². The number of rotatable bonds is 7. The molecular formula is C45H72O18. The fourth-order valence-corrected chi connectivity index (χ4v) is 13.9. The van der Waals surface area contributed by atoms with Gasteiger partial charge in [0, 0.05) is 23.7 Å². The minimum absolute atomic E-state index is 0.000831. The molecule has 5 heterocycles. The van der Waals surface area contributed by atoms with Crippen LogP contribution < -0.4 is 0 Å². The lowest BCUT2D eigenvalue weighted by Gasteiger charge is -2.60. The molecule has 27 atom stereocenters. The van der Waals surface area contributed by atoms with E-state index in [0.717, 1.165) is 32.1 Å². The Morgan fingerprint density at radius 2 is 1.35 bits per heavy atom. The molecule has 9 aliphatic rings. The highest BCUT2D eigenvalue weighted by atomic mass is 16.8. The summed E-state index contributed by atoms with van der Waals surface area (Å²) in [6, 6.07) is 0. The van der Waals surface area contributed by atoms with E-state index in [1.165, 1.54) is 19.4 Å². The van der Waals surface area contributed by atoms with Crippen LogP contribution in [0.25, 0.3) is 0 Å². The van der Waals surface area contributed by atoms with Crippen LogP contribution in [0.4, 0.5) is 0 Å². The van der Waals surface area contributed by atoms with E-state index in [1.54, 1.807) is 0 Å². The van der Waals surface area contributed by atoms with Crippen molar-refractivity contribution in [2.24, 2.45) is 40.4 Å². The molecule has 9 rings (SSSR count). The van der Waals surface area contributed by atoms with Gasteiger partial charge < -0.3 is 89.0 Å². The maximum Gasteiger partial charge on any atom is 0.187 e. The molecule has 0 radical (unpaired) electrons. The van der Waals surface area contributed by atoms with Crippen molar-refractivity contribution in [3.8, 4) is 0 Å². The Kier molecular flexibility index (Phi) is 12.6. The molecule has 0 aromatic carbocycles. The monoisotopic (exact) mass is 900 g/mol. The molecule has 0 aromatic heterocycles. The molecule has 1 spiro atoms. The Balaban J connectivity index is 0.924. The molecule has 0 bridgehead atoms. The second kappa shape index (κ2) is 16.9. The first-order chi connectivity index (χ1) is 29.7. The fraction of sp³-hybridized carbons (Fsp3) is 0.956. The van der Waals surface area contributed by atoms with Crippen molar-refractivity contribution < 1.29 is 89.0 Å². The standard InChI is InChI=1S/C45H72O18/c1-18-17-56-44(15-27(18)47)21(4)45(55)29(63-44)14-26-24-8-7-22-13-23(9-11-42(22,5)25(24)10-12-43(26,45)6)59-41-38(62-40-35(53)33(51)31(49)20(3)58-40)36(54)37(28(16-46)60-41)61-39-34(52)32(50)30(48)19(2)57-39/h7,18-21,23-41,46-55H,8-17H2,1-6H3/t18-,19-,20-,21+,23-,24+,25-,26+,27+,28+,29-,30-,31-,32+,33+,34+,35+,36-,37+,38+,39-,40-,41+,42-,43-,44+,45+/m0/s1. The largest absolute Gasteiger partial charge is 0.394 e. The molecule has 0 aromatic rings. The summed E-state index contributed by atoms with van der Waals surface area (Å²) < 4.78 is 49.6. The van der Waals surface area contributed by atoms with Gasteiger partial charge in [0.05, 0.1) is 43.7 Å². The summed E-state index contributed by atoms with van der Waals surface area (Å²) in [5, 5.41) is 110. The van der Waals surface area contributed by atoms with Crippen molar-refractivity contribution in [2.75, 3.05) is 13.2 Å². The molecule has 18 nitrogen and oxygen atoms in total. The highest BCUT2D eigenvalue weighted by Gasteiger charge is 2.76. The van der Waals surface area contributed by atoms with Crippen molar-refractivity contribution in [3.63, 3.8) is 0 Å². The first kappa shape index (κ1) is 47.1. The maximum absolute atomic E-state index is 12.8. The van der Waals surface area contributed by atoms with Gasteiger partial charge >= 0.3 is 0 Å². The normalized spacial score (nSPS) is 59.3. The van der Waals surface area contributed by atoms with E-state index in [9.17, 15) is 51.1 Å². The molecule has 18 heteroatoms. The molecule has 8 fully saturated rings. The van der Waals surface area contributed by atoms with Crippen molar-refractivity contribution in [2.45, 2.75) is 215 Å². The van der Waals surface area contributed by atoms with Crippen LogP contribution in [0.2, 0.25) is 0 Å². The Labute approximate surface area is 368 Å². The van der Waals surface area contributed by atoms with Gasteiger partial charge in [0.15, 0.2) is 24.7 Å². The average molecular weight is 901 g/mol. The van der Waals surface area contributed by atoms with Crippen LogP contribution in [0.5, 0.6) is 0 Å². The predicted molar refractivity (Wildman–Crippen MR) is 216 cm³/mol. The SMILES string of the molecule is C[C@@H]1O[C@@H](O[C@H]2[C@H](O[C@H]3CC[C@@]4(C)C(=CC[C@H]5[C@H]6C[C@@H]7O[C@]8(C[C@@H](O)[C@@H](C)CO8)[C@@H](C)[C@]7(O)[C@@]6(C)CC[C@@H]54)C3)O[C@H](CO)[C@@H](O[C@@H]3O[C@@H](C)[C@H](O)[C@@H](O)[C@H]3O)[C@@H]2O)[C@H](O)[C@H](O)[C@H]1O. The summed E-state index contributed by atoms with van der Waals surface area (Å²) in [6.45, 7) is 11.3. The van der Waals surface area contributed by atoms with Crippen LogP contribution in [0.1, 0.15) is 92.9 Å². The van der Waals surface area contributed by atoms with Gasteiger partial charge in [-0.3, -0.25) is 0 Å². The van der Waals surface area contributed by atoms with Crippen LogP contribution in [-0.2, 0) is 37.9 Å². The molecule has 5 saturated heterocycles. The smallest absolute Gasteiger partial charge is 0.187 e. The summed E-state index contributed by atoms with van der Waals surface area (Å²) in [6.07, 6.45) is -15.3. The second-order valence-corrected chi connectivity index (χ2v) is 21.3. The van der Waals surface area contributed by atoms with Crippen molar-refractivity contribution in [1.82, 2.24) is 0 Å². The van der Waals surface area contributed by atoms with Crippen LogP contribution >= 0.6 is 0 Å². The molecule has 10 N–H and O–H groups in total. The Morgan fingerprint density at radius 3 is 1.97 bits per heavy atom. The van der Waals surface area contributed by atoms with Gasteiger partial charge in [0.1, 0.15) is 66.6 Å². The van der Waals surface area contributed by atoms with Crippen molar-refractivity contribution in [1.29, 1.82) is 0 Å². The third kappa shape index (κ3) is 7.27. The van der Waals surface area contributed by atoms with Crippen LogP contribution in [0, 0.1) is 40.4 Å². The maximum atomic E-state index is 12.8. The highest BCUT2D eigenvalue weighted by Crippen LogP contribution is 2.72. The second-order valence-electron chi connectivity index (χ2n) is 21.3. The van der Waals surface area contributed by atoms with Crippen LogP contribution in [-0.4, -0.2) is 186 Å². The zero-order chi connectivity index (χ0) is 45.3. The zero-order valence-electron chi connectivity index (χ0n) is 37.2. The van der Waals surface area contributed by atoms with Gasteiger partial charge in [-0.25, -0.2) is 0 Å². The van der Waals surface area contributed by atoms with Gasteiger partial charge in [-0.2, -0.15) is 0 Å². The number of ether oxygens (including phenoxy) is 8. The number of hydrogen-bond donors (Lipinski definition) is 10. The van der Waals surface area contributed by atoms with Gasteiger partial charge in [0.2, 0.25) is 0 Å². The molecule has 4 aliphatic carbocycles. The zero-order valence-corrected chi connectivity index (χ0v) is 37.2. The number of fused-ring (bicyclic) bond motifs is 7. The molecule has 0 amide bonds. The van der Waals surface area contributed by atoms with Crippen LogP contribution in [0.15, 0.2) is 11.6 Å². The van der Waals surface area contributed by atoms with E-state index in [1.807, 2.05) is 13.8 Å². The summed E-state index contributed by atoms with van der Waals surface area (Å²) in [5.41, 5.74) is -0.392. The van der Waals surface area contributed by atoms with E-state index in [0.29, 0.717) is 37.7 Å². The molecule has 0 unspecified atom stereocenters. The number of hydrogen-bond acceptors (Lipinski definition) is 18. The lowest BCUT2D eigenvalue weighted by atomic mass is 9.46. The van der Waals surface area contributed by atoms with Crippen LogP contribution in [0.3, 0.4) is 0 Å². The summed E-state index contributed by atoms with van der Waals surface area (Å²) in [7, 11) is 0. The van der Waals surface area contributed by atoms with Gasteiger partial charge in [-0.1, -0.05) is 39.3 Å². The quantitative estimate of drug-likeness (QED) is 0.142. The van der Waals surface area contributed by atoms with Crippen molar-refractivity contribution in [3.05, 3.63) is 11.6 Å². The Morgan fingerprint density at radius 1 is 0.714 bits per heavy atom. The number of allylic oxidation sites excluding steroid dienone is 1. The molecule has 360 valence electrons. The minimum atomic E-state index is -1.73. The number of aliphatic hydroxyl groups excluding tert-OH is 9.